The summed E-state index contributed by atoms with van der Waals surface area (Å²) in [6, 6.07) is 4.04. The summed E-state index contributed by atoms with van der Waals surface area (Å²) in [7, 11) is 3.80. The zero-order valence-corrected chi connectivity index (χ0v) is 14.1. The lowest BCUT2D eigenvalue weighted by Gasteiger charge is -2.25. The molecule has 3 rings (SSSR count). The number of nitrogens with two attached hydrogens (primary N) is 1. The molecule has 2 fully saturated rings. The fraction of sp³-hybridized carbons (Fsp3) is 0.647. The normalized spacial score (nSPS) is 25.5. The topological polar surface area (TPSA) is 47.7 Å². The van der Waals surface area contributed by atoms with E-state index in [2.05, 4.69) is 11.9 Å². The molecule has 2 unspecified atom stereocenters. The molecule has 4 nitrogen and oxygen atoms in total. The van der Waals surface area contributed by atoms with E-state index >= 15 is 0 Å². The van der Waals surface area contributed by atoms with Gasteiger partial charge in [0.25, 0.3) is 0 Å². The Kier molecular flexibility index (Phi) is 4.81. The van der Waals surface area contributed by atoms with Gasteiger partial charge in [0, 0.05) is 23.2 Å². The average molecular weight is 325 g/mol. The summed E-state index contributed by atoms with van der Waals surface area (Å²) in [6.45, 7) is 2.46. The number of methoxy groups -OCH3 is 1. The summed E-state index contributed by atoms with van der Waals surface area (Å²) in [5.41, 5.74) is 6.92. The lowest BCUT2D eigenvalue weighted by atomic mass is 9.98. The standard InChI is InChI=1S/C17H25ClN2O2/c1-20-9-12(8-19)7-14(20)16-13(18)5-6-15(21-2)17(16)22-10-11-3-4-11/h5-6,11-12,14H,3-4,7-10,19H2,1-2H3. The Hall–Kier alpha value is -0.970. The maximum absolute atomic E-state index is 6.53. The highest BCUT2D eigenvalue weighted by Crippen LogP contribution is 2.46. The molecule has 1 aliphatic heterocycles. The summed E-state index contributed by atoms with van der Waals surface area (Å²) >= 11 is 6.53. The molecule has 122 valence electrons. The van der Waals surface area contributed by atoms with E-state index in [4.69, 9.17) is 26.8 Å². The van der Waals surface area contributed by atoms with Crippen molar-refractivity contribution in [3.8, 4) is 11.5 Å². The zero-order chi connectivity index (χ0) is 15.7. The Balaban J connectivity index is 1.93. The summed E-state index contributed by atoms with van der Waals surface area (Å²) in [5.74, 6) is 2.78. The number of nitrogens with zero attached hydrogens (tertiary/aromatic N) is 1. The van der Waals surface area contributed by atoms with E-state index < -0.39 is 0 Å². The van der Waals surface area contributed by atoms with Gasteiger partial charge in [-0.25, -0.2) is 0 Å². The van der Waals surface area contributed by atoms with Gasteiger partial charge >= 0.3 is 0 Å². The molecule has 0 spiro atoms. The zero-order valence-electron chi connectivity index (χ0n) is 13.3. The first kappa shape index (κ1) is 15.9. The molecular weight excluding hydrogens is 300 g/mol. The van der Waals surface area contributed by atoms with Gasteiger partial charge in [-0.1, -0.05) is 11.6 Å². The van der Waals surface area contributed by atoms with Crippen molar-refractivity contribution in [2.75, 3.05) is 33.9 Å². The Morgan fingerprint density at radius 2 is 2.09 bits per heavy atom. The van der Waals surface area contributed by atoms with Crippen molar-refractivity contribution in [2.24, 2.45) is 17.6 Å². The van der Waals surface area contributed by atoms with Crippen LogP contribution in [0.2, 0.25) is 5.02 Å². The van der Waals surface area contributed by atoms with Crippen molar-refractivity contribution >= 4 is 11.6 Å². The van der Waals surface area contributed by atoms with E-state index in [1.54, 1.807) is 7.11 Å². The van der Waals surface area contributed by atoms with Crippen LogP contribution in [0, 0.1) is 11.8 Å². The van der Waals surface area contributed by atoms with Gasteiger partial charge in [0.05, 0.1) is 13.7 Å². The minimum Gasteiger partial charge on any atom is -0.493 e. The van der Waals surface area contributed by atoms with Crippen LogP contribution in [-0.2, 0) is 0 Å². The van der Waals surface area contributed by atoms with Crippen LogP contribution in [0.1, 0.15) is 30.9 Å². The van der Waals surface area contributed by atoms with Crippen LogP contribution in [-0.4, -0.2) is 38.8 Å². The molecule has 22 heavy (non-hydrogen) atoms. The van der Waals surface area contributed by atoms with E-state index in [9.17, 15) is 0 Å². The van der Waals surface area contributed by atoms with Crippen molar-refractivity contribution in [2.45, 2.75) is 25.3 Å². The summed E-state index contributed by atoms with van der Waals surface area (Å²) in [6.07, 6.45) is 3.53. The van der Waals surface area contributed by atoms with Gasteiger partial charge in [-0.05, 0) is 56.8 Å². The number of hydrogen-bond acceptors (Lipinski definition) is 4. The molecule has 1 aliphatic carbocycles. The van der Waals surface area contributed by atoms with Gasteiger partial charge in [-0.15, -0.1) is 0 Å². The number of likely N-dealkylation sites (tertiary alicyclic amines) is 1. The first-order valence-corrected chi connectivity index (χ1v) is 8.41. The van der Waals surface area contributed by atoms with Gasteiger partial charge in [-0.3, -0.25) is 4.90 Å². The molecule has 2 N–H and O–H groups in total. The number of rotatable bonds is 6. The molecule has 1 heterocycles. The lowest BCUT2D eigenvalue weighted by Crippen LogP contribution is -2.21. The van der Waals surface area contributed by atoms with Crippen molar-refractivity contribution in [1.82, 2.24) is 4.90 Å². The minimum atomic E-state index is 0.241. The Bertz CT molecular complexity index is 534. The lowest BCUT2D eigenvalue weighted by molar-refractivity contribution is 0.260. The molecule has 1 saturated heterocycles. The van der Waals surface area contributed by atoms with Crippen molar-refractivity contribution in [3.63, 3.8) is 0 Å². The second kappa shape index (κ2) is 6.65. The number of benzene rings is 1. The minimum absolute atomic E-state index is 0.241. The molecule has 0 bridgehead atoms. The predicted molar refractivity (Wildman–Crippen MR) is 88.8 cm³/mol. The molecule has 0 radical (unpaired) electrons. The maximum Gasteiger partial charge on any atom is 0.167 e. The largest absolute Gasteiger partial charge is 0.493 e. The second-order valence-electron chi connectivity index (χ2n) is 6.54. The maximum atomic E-state index is 6.53. The van der Waals surface area contributed by atoms with E-state index in [0.29, 0.717) is 18.4 Å². The van der Waals surface area contributed by atoms with E-state index in [0.717, 1.165) is 41.7 Å². The highest BCUT2D eigenvalue weighted by molar-refractivity contribution is 6.31. The summed E-state index contributed by atoms with van der Waals surface area (Å²) in [5, 5.41) is 0.751. The molecule has 2 atom stereocenters. The molecule has 0 amide bonds. The van der Waals surface area contributed by atoms with Gasteiger partial charge in [0.1, 0.15) is 0 Å². The van der Waals surface area contributed by atoms with Gasteiger partial charge in [-0.2, -0.15) is 0 Å². The van der Waals surface area contributed by atoms with Crippen molar-refractivity contribution < 1.29 is 9.47 Å². The van der Waals surface area contributed by atoms with Crippen LogP contribution in [0.5, 0.6) is 11.5 Å². The second-order valence-corrected chi connectivity index (χ2v) is 6.95. The fourth-order valence-electron chi connectivity index (χ4n) is 3.28. The first-order chi connectivity index (χ1) is 10.6. The van der Waals surface area contributed by atoms with Crippen LogP contribution >= 0.6 is 11.6 Å². The molecular formula is C17H25ClN2O2. The Labute approximate surface area is 137 Å². The van der Waals surface area contributed by atoms with Crippen LogP contribution in [0.25, 0.3) is 0 Å². The molecule has 5 heteroatoms. The van der Waals surface area contributed by atoms with E-state index in [1.165, 1.54) is 12.8 Å². The quantitative estimate of drug-likeness (QED) is 0.873. The van der Waals surface area contributed by atoms with Crippen molar-refractivity contribution in [1.29, 1.82) is 0 Å². The Morgan fingerprint density at radius 1 is 1.32 bits per heavy atom. The predicted octanol–water partition coefficient (Wildman–Crippen LogP) is 3.09. The summed E-state index contributed by atoms with van der Waals surface area (Å²) < 4.78 is 11.6. The summed E-state index contributed by atoms with van der Waals surface area (Å²) in [4.78, 5) is 2.32. The third kappa shape index (κ3) is 3.19. The van der Waals surface area contributed by atoms with Gasteiger partial charge in [0.15, 0.2) is 11.5 Å². The molecule has 1 aromatic carbocycles. The SMILES string of the molecule is COc1ccc(Cl)c(C2CC(CN)CN2C)c1OCC1CC1. The first-order valence-electron chi connectivity index (χ1n) is 8.03. The third-order valence-electron chi connectivity index (χ3n) is 4.79. The fourth-order valence-corrected chi connectivity index (χ4v) is 3.55. The number of hydrogen-bond donors (Lipinski definition) is 1. The number of ether oxygens (including phenoxy) is 2. The molecule has 0 aromatic heterocycles. The number of halogens is 1. The van der Waals surface area contributed by atoms with Crippen LogP contribution in [0.4, 0.5) is 0 Å². The molecule has 2 aliphatic rings. The smallest absolute Gasteiger partial charge is 0.167 e. The van der Waals surface area contributed by atoms with Crippen LogP contribution < -0.4 is 15.2 Å². The molecule has 1 saturated carbocycles. The Morgan fingerprint density at radius 3 is 2.68 bits per heavy atom. The van der Waals surface area contributed by atoms with Crippen molar-refractivity contribution in [3.05, 3.63) is 22.7 Å². The monoisotopic (exact) mass is 324 g/mol. The highest BCUT2D eigenvalue weighted by Gasteiger charge is 2.34. The van der Waals surface area contributed by atoms with E-state index in [1.807, 2.05) is 12.1 Å². The van der Waals surface area contributed by atoms with Crippen LogP contribution in [0.3, 0.4) is 0 Å². The van der Waals surface area contributed by atoms with Gasteiger partial charge in [0.2, 0.25) is 0 Å². The van der Waals surface area contributed by atoms with Crippen LogP contribution in [0.15, 0.2) is 12.1 Å². The third-order valence-corrected chi connectivity index (χ3v) is 5.12. The van der Waals surface area contributed by atoms with E-state index in [-0.39, 0.29) is 6.04 Å². The highest BCUT2D eigenvalue weighted by atomic mass is 35.5. The molecule has 1 aromatic rings. The average Bonchev–Trinajstić information content (AvgIpc) is 3.27. The van der Waals surface area contributed by atoms with Gasteiger partial charge < -0.3 is 15.2 Å².